The molecule has 1 aliphatic carbocycles. The Hall–Kier alpha value is -2.43. The highest BCUT2D eigenvalue weighted by molar-refractivity contribution is 8.00. The first-order valence-electron chi connectivity index (χ1n) is 8.88. The summed E-state index contributed by atoms with van der Waals surface area (Å²) in [6.07, 6.45) is 6.22. The molecule has 3 aromatic rings. The summed E-state index contributed by atoms with van der Waals surface area (Å²) in [4.78, 5) is 24.0. The fraction of sp³-hybridized carbons (Fsp3) is 0.300. The van der Waals surface area contributed by atoms with Crippen molar-refractivity contribution < 1.29 is 4.79 Å². The molecular formula is C20H18N4OS2. The van der Waals surface area contributed by atoms with E-state index in [1.54, 1.807) is 41.9 Å². The van der Waals surface area contributed by atoms with Crippen molar-refractivity contribution in [3.8, 4) is 6.07 Å². The highest BCUT2D eigenvalue weighted by atomic mass is 32.2. The summed E-state index contributed by atoms with van der Waals surface area (Å²) in [6, 6.07) is 8.94. The molecular weight excluding hydrogens is 376 g/mol. The van der Waals surface area contributed by atoms with Crippen molar-refractivity contribution in [3.05, 3.63) is 46.6 Å². The number of benzene rings is 1. The molecule has 7 heteroatoms. The summed E-state index contributed by atoms with van der Waals surface area (Å²) in [6.45, 7) is 1.89. The van der Waals surface area contributed by atoms with Crippen molar-refractivity contribution in [2.24, 2.45) is 0 Å². The lowest BCUT2D eigenvalue weighted by molar-refractivity contribution is -0.115. The third-order valence-electron chi connectivity index (χ3n) is 4.66. The van der Waals surface area contributed by atoms with E-state index >= 15 is 0 Å². The number of thioether (sulfide) groups is 1. The number of carbonyl (C=O) groups is 1. The topological polar surface area (TPSA) is 78.7 Å². The van der Waals surface area contributed by atoms with E-state index in [-0.39, 0.29) is 11.2 Å². The molecule has 0 aliphatic heterocycles. The van der Waals surface area contributed by atoms with Crippen LogP contribution in [0.3, 0.4) is 0 Å². The Labute approximate surface area is 165 Å². The maximum Gasteiger partial charge on any atom is 0.237 e. The van der Waals surface area contributed by atoms with E-state index in [4.69, 9.17) is 5.26 Å². The van der Waals surface area contributed by atoms with Gasteiger partial charge in [-0.3, -0.25) is 4.79 Å². The Morgan fingerprint density at radius 2 is 2.04 bits per heavy atom. The van der Waals surface area contributed by atoms with Gasteiger partial charge in [0.05, 0.1) is 16.9 Å². The van der Waals surface area contributed by atoms with Crippen molar-refractivity contribution in [2.75, 3.05) is 5.32 Å². The van der Waals surface area contributed by atoms with Gasteiger partial charge in [-0.2, -0.15) is 5.26 Å². The van der Waals surface area contributed by atoms with Crippen LogP contribution >= 0.6 is 23.1 Å². The van der Waals surface area contributed by atoms with E-state index < -0.39 is 0 Å². The molecule has 4 rings (SSSR count). The van der Waals surface area contributed by atoms with Gasteiger partial charge in [-0.25, -0.2) is 9.97 Å². The van der Waals surface area contributed by atoms with Gasteiger partial charge >= 0.3 is 0 Å². The lowest BCUT2D eigenvalue weighted by Gasteiger charge is -2.14. The Kier molecular flexibility index (Phi) is 5.10. The number of carbonyl (C=O) groups excluding carboxylic acids is 1. The van der Waals surface area contributed by atoms with Crippen LogP contribution < -0.4 is 5.32 Å². The summed E-state index contributed by atoms with van der Waals surface area (Å²) in [5.41, 5.74) is 2.64. The van der Waals surface area contributed by atoms with Gasteiger partial charge in [0, 0.05) is 16.0 Å². The van der Waals surface area contributed by atoms with E-state index in [0.29, 0.717) is 11.3 Å². The minimum atomic E-state index is -0.294. The normalized spacial score (nSPS) is 14.4. The number of thiophene rings is 1. The minimum Gasteiger partial charge on any atom is -0.325 e. The molecule has 27 heavy (non-hydrogen) atoms. The summed E-state index contributed by atoms with van der Waals surface area (Å²) < 4.78 is 0. The number of nitriles is 1. The number of anilines is 1. The molecule has 2 aromatic heterocycles. The third-order valence-corrected chi connectivity index (χ3v) is 6.96. The van der Waals surface area contributed by atoms with Crippen LogP contribution in [0.1, 0.15) is 35.8 Å². The monoisotopic (exact) mass is 394 g/mol. The number of nitrogens with one attached hydrogen (secondary N) is 1. The second-order valence-electron chi connectivity index (χ2n) is 6.51. The van der Waals surface area contributed by atoms with Gasteiger partial charge < -0.3 is 5.32 Å². The van der Waals surface area contributed by atoms with Gasteiger partial charge in [0.1, 0.15) is 16.2 Å². The Bertz CT molecular complexity index is 1040. The average Bonchev–Trinajstić information content (AvgIpc) is 3.08. The van der Waals surface area contributed by atoms with Crippen LogP contribution in [0.25, 0.3) is 10.2 Å². The van der Waals surface area contributed by atoms with Crippen molar-refractivity contribution in [1.82, 2.24) is 9.97 Å². The number of aromatic nitrogens is 2. The van der Waals surface area contributed by atoms with Crippen LogP contribution in [-0.2, 0) is 17.6 Å². The number of fused-ring (bicyclic) bond motifs is 3. The van der Waals surface area contributed by atoms with Crippen LogP contribution in [0.15, 0.2) is 35.6 Å². The van der Waals surface area contributed by atoms with E-state index in [2.05, 4.69) is 21.4 Å². The Morgan fingerprint density at radius 3 is 2.81 bits per heavy atom. The van der Waals surface area contributed by atoms with E-state index in [0.717, 1.165) is 28.1 Å². The molecule has 0 saturated carbocycles. The van der Waals surface area contributed by atoms with Gasteiger partial charge in [0.2, 0.25) is 5.91 Å². The fourth-order valence-electron chi connectivity index (χ4n) is 3.24. The van der Waals surface area contributed by atoms with E-state index in [1.165, 1.54) is 35.0 Å². The van der Waals surface area contributed by atoms with Crippen LogP contribution in [0, 0.1) is 11.3 Å². The van der Waals surface area contributed by atoms with Crippen molar-refractivity contribution >= 4 is 44.9 Å². The predicted molar refractivity (Wildman–Crippen MR) is 109 cm³/mol. The Morgan fingerprint density at radius 1 is 1.26 bits per heavy atom. The predicted octanol–water partition coefficient (Wildman–Crippen LogP) is 4.56. The van der Waals surface area contributed by atoms with E-state index in [1.807, 2.05) is 6.92 Å². The SMILES string of the molecule is C[C@@H](Sc1ncnc2sc3c(c12)CCCC3)C(=O)Nc1ccc(C#N)cc1. The number of hydrogen-bond donors (Lipinski definition) is 1. The molecule has 5 nitrogen and oxygen atoms in total. The molecule has 0 saturated heterocycles. The number of amides is 1. The molecule has 0 unspecified atom stereocenters. The zero-order valence-corrected chi connectivity index (χ0v) is 16.5. The maximum atomic E-state index is 12.6. The highest BCUT2D eigenvalue weighted by Gasteiger charge is 2.23. The van der Waals surface area contributed by atoms with Crippen LogP contribution in [-0.4, -0.2) is 21.1 Å². The molecule has 1 N–H and O–H groups in total. The standard InChI is InChI=1S/C20H18N4OS2/c1-12(18(25)24-14-8-6-13(10-21)7-9-14)26-19-17-15-4-2-3-5-16(15)27-20(17)23-11-22-19/h6-9,11-12H,2-5H2,1H3,(H,24,25)/t12-/m1/s1. The molecule has 0 spiro atoms. The van der Waals surface area contributed by atoms with Crippen molar-refractivity contribution in [3.63, 3.8) is 0 Å². The largest absolute Gasteiger partial charge is 0.325 e. The molecule has 0 radical (unpaired) electrons. The second-order valence-corrected chi connectivity index (χ2v) is 8.92. The van der Waals surface area contributed by atoms with Gasteiger partial charge in [-0.15, -0.1) is 11.3 Å². The first-order valence-corrected chi connectivity index (χ1v) is 10.6. The molecule has 0 fully saturated rings. The lowest BCUT2D eigenvalue weighted by atomic mass is 9.97. The molecule has 0 bridgehead atoms. The number of aryl methyl sites for hydroxylation is 2. The summed E-state index contributed by atoms with van der Waals surface area (Å²) in [5.74, 6) is -0.0828. The lowest BCUT2D eigenvalue weighted by Crippen LogP contribution is -2.22. The van der Waals surface area contributed by atoms with Crippen LogP contribution in [0.4, 0.5) is 5.69 Å². The van der Waals surface area contributed by atoms with Gasteiger partial charge in [-0.1, -0.05) is 11.8 Å². The molecule has 2 heterocycles. The molecule has 1 aromatic carbocycles. The molecule has 1 atom stereocenters. The smallest absolute Gasteiger partial charge is 0.237 e. The van der Waals surface area contributed by atoms with Crippen LogP contribution in [0.2, 0.25) is 0 Å². The van der Waals surface area contributed by atoms with Gasteiger partial charge in [0.15, 0.2) is 0 Å². The zero-order chi connectivity index (χ0) is 18.8. The Balaban J connectivity index is 1.53. The zero-order valence-electron chi connectivity index (χ0n) is 14.9. The molecule has 136 valence electrons. The number of nitrogens with zero attached hydrogens (tertiary/aromatic N) is 3. The minimum absolute atomic E-state index is 0.0828. The first kappa shape index (κ1) is 18.0. The van der Waals surface area contributed by atoms with E-state index in [9.17, 15) is 4.79 Å². The van der Waals surface area contributed by atoms with Crippen molar-refractivity contribution in [1.29, 1.82) is 5.26 Å². The fourth-order valence-corrected chi connectivity index (χ4v) is 5.48. The van der Waals surface area contributed by atoms with Crippen molar-refractivity contribution in [2.45, 2.75) is 42.9 Å². The maximum absolute atomic E-state index is 12.6. The summed E-state index contributed by atoms with van der Waals surface area (Å²) in [5, 5.41) is 13.5. The first-order chi connectivity index (χ1) is 13.2. The molecule has 1 amide bonds. The average molecular weight is 395 g/mol. The summed E-state index contributed by atoms with van der Waals surface area (Å²) in [7, 11) is 0. The second kappa shape index (κ2) is 7.67. The quantitative estimate of drug-likeness (QED) is 0.518. The van der Waals surface area contributed by atoms with Crippen LogP contribution in [0.5, 0.6) is 0 Å². The number of rotatable bonds is 4. The van der Waals surface area contributed by atoms with Gasteiger partial charge in [0.25, 0.3) is 0 Å². The summed E-state index contributed by atoms with van der Waals surface area (Å²) >= 11 is 3.24. The highest BCUT2D eigenvalue weighted by Crippen LogP contribution is 2.40. The van der Waals surface area contributed by atoms with Gasteiger partial charge in [-0.05, 0) is 62.4 Å². The number of hydrogen-bond acceptors (Lipinski definition) is 6. The third kappa shape index (κ3) is 3.68. The molecule has 1 aliphatic rings.